The van der Waals surface area contributed by atoms with Crippen LogP contribution in [0, 0.1) is 11.6 Å². The SMILES string of the molecule is CC1=C(C(=O)Nc2cccc(F)c2)[C@@H](c2cccc(F)c2)C2=C(C[C@H](c3cccs3)CC2=O)N1. The van der Waals surface area contributed by atoms with E-state index in [4.69, 9.17) is 0 Å². The van der Waals surface area contributed by atoms with Crippen LogP contribution < -0.4 is 10.6 Å². The highest BCUT2D eigenvalue weighted by molar-refractivity contribution is 7.10. The number of carbonyl (C=O) groups excluding carboxylic acids is 2. The van der Waals surface area contributed by atoms with Crippen LogP contribution in [0.25, 0.3) is 0 Å². The molecule has 172 valence electrons. The molecule has 2 aromatic carbocycles. The van der Waals surface area contributed by atoms with E-state index in [9.17, 15) is 18.4 Å². The highest BCUT2D eigenvalue weighted by Gasteiger charge is 2.41. The molecule has 34 heavy (non-hydrogen) atoms. The van der Waals surface area contributed by atoms with Crippen molar-refractivity contribution < 1.29 is 18.4 Å². The van der Waals surface area contributed by atoms with Crippen LogP contribution in [0.4, 0.5) is 14.5 Å². The van der Waals surface area contributed by atoms with E-state index in [1.54, 1.807) is 36.5 Å². The van der Waals surface area contributed by atoms with Crippen LogP contribution >= 0.6 is 11.3 Å². The molecule has 0 bridgehead atoms. The molecule has 0 radical (unpaired) electrons. The van der Waals surface area contributed by atoms with Gasteiger partial charge in [0.15, 0.2) is 5.78 Å². The molecule has 1 aliphatic heterocycles. The third kappa shape index (κ3) is 4.19. The molecule has 1 amide bonds. The van der Waals surface area contributed by atoms with E-state index >= 15 is 0 Å². The number of thiophene rings is 1. The smallest absolute Gasteiger partial charge is 0.254 e. The van der Waals surface area contributed by atoms with Gasteiger partial charge in [-0.1, -0.05) is 24.3 Å². The van der Waals surface area contributed by atoms with Gasteiger partial charge in [0.2, 0.25) is 0 Å². The normalized spacial score (nSPS) is 20.1. The lowest BCUT2D eigenvalue weighted by Gasteiger charge is -2.36. The Hall–Kier alpha value is -3.58. The van der Waals surface area contributed by atoms with Gasteiger partial charge in [-0.25, -0.2) is 8.78 Å². The lowest BCUT2D eigenvalue weighted by molar-refractivity contribution is -0.116. The molecule has 2 atom stereocenters. The van der Waals surface area contributed by atoms with E-state index in [1.165, 1.54) is 30.3 Å². The van der Waals surface area contributed by atoms with Crippen LogP contribution in [0.1, 0.15) is 42.0 Å². The molecule has 2 N–H and O–H groups in total. The number of halogens is 2. The lowest BCUT2D eigenvalue weighted by Crippen LogP contribution is -2.37. The predicted octanol–water partition coefficient (Wildman–Crippen LogP) is 6.03. The Labute approximate surface area is 200 Å². The fourth-order valence-electron chi connectivity index (χ4n) is 4.85. The Bertz CT molecular complexity index is 1340. The van der Waals surface area contributed by atoms with Crippen LogP contribution in [-0.2, 0) is 9.59 Å². The highest BCUT2D eigenvalue weighted by Crippen LogP contribution is 2.46. The van der Waals surface area contributed by atoms with Crippen LogP contribution in [0.2, 0.25) is 0 Å². The molecule has 0 spiro atoms. The quantitative estimate of drug-likeness (QED) is 0.484. The summed E-state index contributed by atoms with van der Waals surface area (Å²) in [7, 11) is 0. The second-order valence-electron chi connectivity index (χ2n) is 8.55. The van der Waals surface area contributed by atoms with E-state index in [2.05, 4.69) is 10.6 Å². The van der Waals surface area contributed by atoms with E-state index in [-0.39, 0.29) is 11.7 Å². The molecule has 0 saturated heterocycles. The Morgan fingerprint density at radius 3 is 2.50 bits per heavy atom. The summed E-state index contributed by atoms with van der Waals surface area (Å²) < 4.78 is 27.9. The first-order chi connectivity index (χ1) is 16.4. The number of Topliss-reactive ketones (excluding diaryl/α,β-unsaturated/α-hetero) is 1. The fraction of sp³-hybridized carbons (Fsp3) is 0.185. The number of carbonyl (C=O) groups is 2. The fourth-order valence-corrected chi connectivity index (χ4v) is 5.68. The molecule has 4 nitrogen and oxygen atoms in total. The van der Waals surface area contributed by atoms with Gasteiger partial charge in [0, 0.05) is 51.4 Å². The lowest BCUT2D eigenvalue weighted by atomic mass is 9.72. The van der Waals surface area contributed by atoms with Gasteiger partial charge in [0.25, 0.3) is 5.91 Å². The summed E-state index contributed by atoms with van der Waals surface area (Å²) in [4.78, 5) is 28.1. The monoisotopic (exact) mass is 476 g/mol. The molecule has 5 rings (SSSR count). The number of hydrogen-bond donors (Lipinski definition) is 2. The number of rotatable bonds is 4. The number of amides is 1. The summed E-state index contributed by atoms with van der Waals surface area (Å²) >= 11 is 1.62. The second kappa shape index (κ2) is 8.99. The largest absolute Gasteiger partial charge is 0.362 e. The van der Waals surface area contributed by atoms with Crippen LogP contribution in [0.3, 0.4) is 0 Å². The number of allylic oxidation sites excluding steroid dienone is 3. The van der Waals surface area contributed by atoms with Crippen molar-refractivity contribution in [1.82, 2.24) is 5.32 Å². The van der Waals surface area contributed by atoms with Crippen molar-refractivity contribution >= 4 is 28.7 Å². The molecule has 1 aliphatic carbocycles. The number of nitrogens with one attached hydrogen (secondary N) is 2. The number of benzene rings is 2. The van der Waals surface area contributed by atoms with Gasteiger partial charge >= 0.3 is 0 Å². The third-order valence-corrected chi connectivity index (χ3v) is 7.32. The molecule has 1 aromatic heterocycles. The van der Waals surface area contributed by atoms with E-state index in [0.29, 0.717) is 40.9 Å². The molecule has 0 fully saturated rings. The van der Waals surface area contributed by atoms with Gasteiger partial charge < -0.3 is 10.6 Å². The van der Waals surface area contributed by atoms with Gasteiger partial charge in [-0.3, -0.25) is 9.59 Å². The minimum absolute atomic E-state index is 0.0578. The zero-order chi connectivity index (χ0) is 23.8. The Balaban J connectivity index is 1.57. The third-order valence-electron chi connectivity index (χ3n) is 6.28. The average molecular weight is 477 g/mol. The maximum atomic E-state index is 14.2. The van der Waals surface area contributed by atoms with Crippen LogP contribution in [0.5, 0.6) is 0 Å². The first-order valence-corrected chi connectivity index (χ1v) is 11.9. The topological polar surface area (TPSA) is 58.2 Å². The molecule has 3 aromatic rings. The van der Waals surface area contributed by atoms with Crippen molar-refractivity contribution in [2.45, 2.75) is 31.6 Å². The Morgan fingerprint density at radius 1 is 1.03 bits per heavy atom. The summed E-state index contributed by atoms with van der Waals surface area (Å²) in [6.07, 6.45) is 0.953. The molecule has 2 aliphatic rings. The summed E-state index contributed by atoms with van der Waals surface area (Å²) in [5, 5.41) is 8.03. The zero-order valence-corrected chi connectivity index (χ0v) is 19.2. The standard InChI is InChI=1S/C27H22F2N2O2S/c1-15-24(27(33)31-20-8-3-7-19(29)14-20)25(16-5-2-6-18(28)11-16)26-21(30-15)12-17(13-22(26)32)23-9-4-10-34-23/h2-11,14,17,25,30H,12-13H2,1H3,(H,31,33)/t17-,25+/m0/s1. The van der Waals surface area contributed by atoms with E-state index < -0.39 is 23.5 Å². The van der Waals surface area contributed by atoms with Gasteiger partial charge in [0.05, 0.1) is 0 Å². The Kier molecular flexibility index (Phi) is 5.87. The predicted molar refractivity (Wildman–Crippen MR) is 128 cm³/mol. The second-order valence-corrected chi connectivity index (χ2v) is 9.53. The number of ketones is 1. The van der Waals surface area contributed by atoms with Crippen molar-refractivity contribution in [1.29, 1.82) is 0 Å². The summed E-state index contributed by atoms with van der Waals surface area (Å²) in [6.45, 7) is 1.77. The van der Waals surface area contributed by atoms with Gasteiger partial charge in [-0.2, -0.15) is 0 Å². The molecule has 7 heteroatoms. The maximum Gasteiger partial charge on any atom is 0.254 e. The average Bonchev–Trinajstić information content (AvgIpc) is 3.33. The van der Waals surface area contributed by atoms with Crippen LogP contribution in [0.15, 0.2) is 88.6 Å². The molecular formula is C27H22F2N2O2S. The highest BCUT2D eigenvalue weighted by atomic mass is 32.1. The van der Waals surface area contributed by atoms with E-state index in [1.807, 2.05) is 17.5 Å². The van der Waals surface area contributed by atoms with Gasteiger partial charge in [-0.15, -0.1) is 11.3 Å². The molecule has 0 saturated carbocycles. The van der Waals surface area contributed by atoms with Gasteiger partial charge in [0.1, 0.15) is 11.6 Å². The van der Waals surface area contributed by atoms with Crippen molar-refractivity contribution in [3.63, 3.8) is 0 Å². The van der Waals surface area contributed by atoms with Crippen LogP contribution in [-0.4, -0.2) is 11.7 Å². The minimum Gasteiger partial charge on any atom is -0.362 e. The maximum absolute atomic E-state index is 14.2. The molecular weight excluding hydrogens is 454 g/mol. The van der Waals surface area contributed by atoms with Crippen molar-refractivity contribution in [3.05, 3.63) is 111 Å². The zero-order valence-electron chi connectivity index (χ0n) is 18.4. The van der Waals surface area contributed by atoms with Crippen molar-refractivity contribution in [2.24, 2.45) is 0 Å². The number of anilines is 1. The van der Waals surface area contributed by atoms with E-state index in [0.717, 1.165) is 10.6 Å². The van der Waals surface area contributed by atoms with Gasteiger partial charge in [-0.05, 0) is 60.7 Å². The summed E-state index contributed by atoms with van der Waals surface area (Å²) in [5.41, 5.74) is 2.99. The Morgan fingerprint density at radius 2 is 1.79 bits per heavy atom. The minimum atomic E-state index is -0.725. The van der Waals surface area contributed by atoms with Crippen molar-refractivity contribution in [3.8, 4) is 0 Å². The summed E-state index contributed by atoms with van der Waals surface area (Å²) in [5.74, 6) is -2.12. The number of hydrogen-bond acceptors (Lipinski definition) is 4. The number of dihydropyridines is 1. The van der Waals surface area contributed by atoms with Crippen molar-refractivity contribution in [2.75, 3.05) is 5.32 Å². The first-order valence-electron chi connectivity index (χ1n) is 11.0. The summed E-state index contributed by atoms with van der Waals surface area (Å²) in [6, 6.07) is 15.6. The first kappa shape index (κ1) is 22.2. The molecule has 2 heterocycles. The molecule has 0 unspecified atom stereocenters.